The van der Waals surface area contributed by atoms with Crippen molar-refractivity contribution in [3.63, 3.8) is 0 Å². The highest BCUT2D eigenvalue weighted by Crippen LogP contribution is 2.23. The van der Waals surface area contributed by atoms with Gasteiger partial charge in [-0.3, -0.25) is 9.69 Å². The first-order valence-electron chi connectivity index (χ1n) is 11.5. The van der Waals surface area contributed by atoms with Crippen LogP contribution in [0.4, 0.5) is 0 Å². The summed E-state index contributed by atoms with van der Waals surface area (Å²) >= 11 is 0. The normalized spacial score (nSPS) is 17.9. The third-order valence-electron chi connectivity index (χ3n) is 6.17. The zero-order chi connectivity index (χ0) is 24.1. The van der Waals surface area contributed by atoms with Crippen LogP contribution in [0.5, 0.6) is 0 Å². The molecule has 1 amide bonds. The molecule has 4 rings (SSSR count). The van der Waals surface area contributed by atoms with Gasteiger partial charge in [0.15, 0.2) is 9.84 Å². The van der Waals surface area contributed by atoms with E-state index >= 15 is 0 Å². The fourth-order valence-corrected chi connectivity index (χ4v) is 4.92. The average molecular weight is 483 g/mol. The number of amides is 1. The molecule has 2 unspecified atom stereocenters. The van der Waals surface area contributed by atoms with Gasteiger partial charge >= 0.3 is 0 Å². The predicted octanol–water partition coefficient (Wildman–Crippen LogP) is 3.62. The maximum atomic E-state index is 13.1. The molecule has 0 aliphatic carbocycles. The van der Waals surface area contributed by atoms with Crippen LogP contribution in [0.3, 0.4) is 0 Å². The summed E-state index contributed by atoms with van der Waals surface area (Å²) in [5.74, 6) is 0.987. The van der Waals surface area contributed by atoms with E-state index in [1.807, 2.05) is 37.3 Å². The standard InChI is InChI=1S/C25H30N4O4S/c1-3-22(18-11-13-21(14-12-18)34(2,31)32)26-25(30)20-10-7-15-29(16-20)17-23-27-24(28-33-23)19-8-5-4-6-9-19/h4-6,8-9,11-14,20,22H,3,7,10,15-17H2,1-2H3,(H,26,30). The topological polar surface area (TPSA) is 105 Å². The SMILES string of the molecule is CCC(NC(=O)C1CCCN(Cc2nc(-c3ccccc3)no2)C1)c1ccc(S(C)(=O)=O)cc1. The number of hydrogen-bond donors (Lipinski definition) is 1. The van der Waals surface area contributed by atoms with Crippen LogP contribution < -0.4 is 5.32 Å². The molecule has 1 fully saturated rings. The summed E-state index contributed by atoms with van der Waals surface area (Å²) in [6, 6.07) is 16.3. The molecule has 1 aliphatic rings. The second-order valence-electron chi connectivity index (χ2n) is 8.76. The lowest BCUT2D eigenvalue weighted by atomic mass is 9.95. The van der Waals surface area contributed by atoms with Crippen molar-refractivity contribution in [1.82, 2.24) is 20.4 Å². The predicted molar refractivity (Wildman–Crippen MR) is 128 cm³/mol. The minimum absolute atomic E-state index is 0.0132. The number of nitrogens with zero attached hydrogens (tertiary/aromatic N) is 3. The fourth-order valence-electron chi connectivity index (χ4n) is 4.29. The average Bonchev–Trinajstić information content (AvgIpc) is 3.31. The Kier molecular flexibility index (Phi) is 7.43. The third-order valence-corrected chi connectivity index (χ3v) is 7.30. The zero-order valence-corrected chi connectivity index (χ0v) is 20.3. The molecule has 1 saturated heterocycles. The first-order valence-corrected chi connectivity index (χ1v) is 13.4. The first kappa shape index (κ1) is 24.1. The van der Waals surface area contributed by atoms with Gasteiger partial charge in [-0.1, -0.05) is 54.5 Å². The number of piperidine rings is 1. The number of likely N-dealkylation sites (tertiary alicyclic amines) is 1. The third kappa shape index (κ3) is 5.90. The van der Waals surface area contributed by atoms with Crippen LogP contribution >= 0.6 is 0 Å². The maximum absolute atomic E-state index is 13.1. The van der Waals surface area contributed by atoms with E-state index in [0.29, 0.717) is 31.2 Å². The molecule has 9 heteroatoms. The van der Waals surface area contributed by atoms with Gasteiger partial charge in [0.2, 0.25) is 17.6 Å². The van der Waals surface area contributed by atoms with E-state index < -0.39 is 9.84 Å². The Bertz CT molecular complexity index is 1210. The van der Waals surface area contributed by atoms with Gasteiger partial charge in [-0.2, -0.15) is 4.98 Å². The van der Waals surface area contributed by atoms with Crippen molar-refractivity contribution in [2.75, 3.05) is 19.3 Å². The van der Waals surface area contributed by atoms with Crippen LogP contribution in [0.15, 0.2) is 64.0 Å². The molecule has 2 atom stereocenters. The summed E-state index contributed by atoms with van der Waals surface area (Å²) < 4.78 is 28.9. The Morgan fingerprint density at radius 2 is 1.91 bits per heavy atom. The molecular formula is C25H30N4O4S. The number of benzene rings is 2. The molecule has 1 aliphatic heterocycles. The van der Waals surface area contributed by atoms with Gasteiger partial charge < -0.3 is 9.84 Å². The summed E-state index contributed by atoms with van der Waals surface area (Å²) in [4.78, 5) is 20.0. The van der Waals surface area contributed by atoms with Crippen molar-refractivity contribution in [2.24, 2.45) is 5.92 Å². The molecule has 8 nitrogen and oxygen atoms in total. The van der Waals surface area contributed by atoms with Crippen LogP contribution in [0.1, 0.15) is 43.7 Å². The molecule has 34 heavy (non-hydrogen) atoms. The van der Waals surface area contributed by atoms with E-state index in [2.05, 4.69) is 20.4 Å². The van der Waals surface area contributed by atoms with E-state index in [1.54, 1.807) is 24.3 Å². The van der Waals surface area contributed by atoms with E-state index in [1.165, 1.54) is 6.26 Å². The number of carbonyl (C=O) groups is 1. The molecule has 1 aromatic heterocycles. The Morgan fingerprint density at radius 3 is 2.59 bits per heavy atom. The second kappa shape index (κ2) is 10.5. The van der Waals surface area contributed by atoms with Gasteiger partial charge in [0.25, 0.3) is 0 Å². The highest BCUT2D eigenvalue weighted by Gasteiger charge is 2.28. The largest absolute Gasteiger partial charge is 0.349 e. The Morgan fingerprint density at radius 1 is 1.18 bits per heavy atom. The quantitative estimate of drug-likeness (QED) is 0.523. The molecule has 0 spiro atoms. The highest BCUT2D eigenvalue weighted by atomic mass is 32.2. The van der Waals surface area contributed by atoms with E-state index in [9.17, 15) is 13.2 Å². The first-order chi connectivity index (χ1) is 16.3. The van der Waals surface area contributed by atoms with Crippen molar-refractivity contribution in [3.8, 4) is 11.4 Å². The van der Waals surface area contributed by atoms with Crippen LogP contribution in [-0.4, -0.2) is 48.7 Å². The van der Waals surface area contributed by atoms with Crippen LogP contribution in [-0.2, 0) is 21.2 Å². The van der Waals surface area contributed by atoms with Gasteiger partial charge in [-0.15, -0.1) is 0 Å². The monoisotopic (exact) mass is 482 g/mol. The van der Waals surface area contributed by atoms with Gasteiger partial charge in [-0.05, 0) is 43.5 Å². The smallest absolute Gasteiger partial charge is 0.241 e. The maximum Gasteiger partial charge on any atom is 0.241 e. The lowest BCUT2D eigenvalue weighted by Crippen LogP contribution is -2.43. The van der Waals surface area contributed by atoms with E-state index in [0.717, 1.165) is 30.5 Å². The van der Waals surface area contributed by atoms with Crippen molar-refractivity contribution in [1.29, 1.82) is 0 Å². The highest BCUT2D eigenvalue weighted by molar-refractivity contribution is 7.90. The number of nitrogens with one attached hydrogen (secondary N) is 1. The summed E-state index contributed by atoms with van der Waals surface area (Å²) in [5, 5.41) is 7.24. The minimum Gasteiger partial charge on any atom is -0.349 e. The molecule has 0 radical (unpaired) electrons. The van der Waals surface area contributed by atoms with Gasteiger partial charge in [-0.25, -0.2) is 8.42 Å². The molecule has 2 heterocycles. The lowest BCUT2D eigenvalue weighted by molar-refractivity contribution is -0.127. The molecule has 0 saturated carbocycles. The minimum atomic E-state index is -3.25. The summed E-state index contributed by atoms with van der Waals surface area (Å²) in [7, 11) is -3.25. The molecule has 0 bridgehead atoms. The van der Waals surface area contributed by atoms with Gasteiger partial charge in [0.05, 0.1) is 23.4 Å². The van der Waals surface area contributed by atoms with Crippen LogP contribution in [0, 0.1) is 5.92 Å². The number of aromatic nitrogens is 2. The summed E-state index contributed by atoms with van der Waals surface area (Å²) in [5.41, 5.74) is 1.80. The second-order valence-corrected chi connectivity index (χ2v) is 10.8. The van der Waals surface area contributed by atoms with Crippen molar-refractivity contribution < 1.29 is 17.7 Å². The van der Waals surface area contributed by atoms with Crippen LogP contribution in [0.2, 0.25) is 0 Å². The molecule has 180 valence electrons. The van der Waals surface area contributed by atoms with E-state index in [4.69, 9.17) is 4.52 Å². The van der Waals surface area contributed by atoms with Crippen molar-refractivity contribution in [3.05, 3.63) is 66.1 Å². The summed E-state index contributed by atoms with van der Waals surface area (Å²) in [6.07, 6.45) is 3.64. The Balaban J connectivity index is 1.36. The van der Waals surface area contributed by atoms with Gasteiger partial charge in [0.1, 0.15) is 0 Å². The Labute approximate surface area is 200 Å². The Hall–Kier alpha value is -3.04. The van der Waals surface area contributed by atoms with Crippen LogP contribution in [0.25, 0.3) is 11.4 Å². The number of carbonyl (C=O) groups excluding carboxylic acids is 1. The zero-order valence-electron chi connectivity index (χ0n) is 19.5. The summed E-state index contributed by atoms with van der Waals surface area (Å²) in [6.45, 7) is 4.01. The number of hydrogen-bond acceptors (Lipinski definition) is 7. The number of sulfone groups is 1. The molecule has 1 N–H and O–H groups in total. The van der Waals surface area contributed by atoms with E-state index in [-0.39, 0.29) is 22.8 Å². The molecule has 2 aromatic carbocycles. The fraction of sp³-hybridized carbons (Fsp3) is 0.400. The van der Waals surface area contributed by atoms with Gasteiger partial charge in [0, 0.05) is 18.4 Å². The molecule has 3 aromatic rings. The van der Waals surface area contributed by atoms with Crippen molar-refractivity contribution in [2.45, 2.75) is 43.7 Å². The van der Waals surface area contributed by atoms with Crippen molar-refractivity contribution >= 4 is 15.7 Å². The number of rotatable bonds is 8. The molecular weight excluding hydrogens is 452 g/mol. The lowest BCUT2D eigenvalue weighted by Gasteiger charge is -2.32.